The van der Waals surface area contributed by atoms with Crippen molar-refractivity contribution in [3.05, 3.63) is 0 Å². The monoisotopic (exact) mass is 226 g/mol. The van der Waals surface area contributed by atoms with Gasteiger partial charge in [0, 0.05) is 12.6 Å². The SMILES string of the molecule is CCCCCN(CCC)CC1CCCCN1. The van der Waals surface area contributed by atoms with Crippen LogP contribution < -0.4 is 5.32 Å². The van der Waals surface area contributed by atoms with Crippen molar-refractivity contribution in [2.75, 3.05) is 26.2 Å². The first-order valence-corrected chi connectivity index (χ1v) is 7.32. The van der Waals surface area contributed by atoms with E-state index in [-0.39, 0.29) is 0 Å². The molecule has 2 heteroatoms. The normalized spacial score (nSPS) is 21.6. The van der Waals surface area contributed by atoms with Crippen molar-refractivity contribution in [1.82, 2.24) is 10.2 Å². The molecule has 1 rings (SSSR count). The van der Waals surface area contributed by atoms with Crippen molar-refractivity contribution in [2.45, 2.75) is 64.8 Å². The molecule has 0 aromatic rings. The highest BCUT2D eigenvalue weighted by Gasteiger charge is 2.15. The molecule has 0 saturated carbocycles. The van der Waals surface area contributed by atoms with Gasteiger partial charge in [-0.2, -0.15) is 0 Å². The summed E-state index contributed by atoms with van der Waals surface area (Å²) in [5, 5.41) is 3.66. The van der Waals surface area contributed by atoms with Gasteiger partial charge in [0.15, 0.2) is 0 Å². The van der Waals surface area contributed by atoms with Crippen LogP contribution in [0.2, 0.25) is 0 Å². The van der Waals surface area contributed by atoms with Crippen molar-refractivity contribution in [2.24, 2.45) is 0 Å². The van der Waals surface area contributed by atoms with E-state index < -0.39 is 0 Å². The average Bonchev–Trinajstić information content (AvgIpc) is 2.31. The first-order valence-electron chi connectivity index (χ1n) is 7.32. The predicted molar refractivity (Wildman–Crippen MR) is 71.9 cm³/mol. The maximum atomic E-state index is 3.66. The first kappa shape index (κ1) is 14.0. The highest BCUT2D eigenvalue weighted by Crippen LogP contribution is 2.09. The lowest BCUT2D eigenvalue weighted by Crippen LogP contribution is -2.44. The Morgan fingerprint density at radius 1 is 1.06 bits per heavy atom. The Morgan fingerprint density at radius 2 is 1.94 bits per heavy atom. The number of piperidine rings is 1. The minimum absolute atomic E-state index is 0.766. The van der Waals surface area contributed by atoms with Crippen LogP contribution in [0, 0.1) is 0 Å². The summed E-state index contributed by atoms with van der Waals surface area (Å²) in [7, 11) is 0. The fraction of sp³-hybridized carbons (Fsp3) is 1.00. The third-order valence-corrected chi connectivity index (χ3v) is 3.51. The van der Waals surface area contributed by atoms with Gasteiger partial charge < -0.3 is 10.2 Å². The van der Waals surface area contributed by atoms with E-state index in [4.69, 9.17) is 0 Å². The van der Waals surface area contributed by atoms with Crippen LogP contribution in [0.1, 0.15) is 58.8 Å². The molecular weight excluding hydrogens is 196 g/mol. The van der Waals surface area contributed by atoms with Crippen LogP contribution in [0.3, 0.4) is 0 Å². The molecule has 16 heavy (non-hydrogen) atoms. The highest BCUT2D eigenvalue weighted by atomic mass is 15.1. The summed E-state index contributed by atoms with van der Waals surface area (Å²) in [4.78, 5) is 2.67. The molecule has 1 fully saturated rings. The lowest BCUT2D eigenvalue weighted by atomic mass is 10.0. The fourth-order valence-electron chi connectivity index (χ4n) is 2.59. The molecule has 1 N–H and O–H groups in total. The van der Waals surface area contributed by atoms with Crippen LogP contribution in [0.15, 0.2) is 0 Å². The van der Waals surface area contributed by atoms with Gasteiger partial charge in [-0.25, -0.2) is 0 Å². The molecule has 1 aliphatic heterocycles. The second-order valence-corrected chi connectivity index (χ2v) is 5.15. The molecule has 1 atom stereocenters. The number of hydrogen-bond donors (Lipinski definition) is 1. The standard InChI is InChI=1S/C14H30N2/c1-3-5-8-12-16(11-4-2)13-14-9-6-7-10-15-14/h14-15H,3-13H2,1-2H3. The van der Waals surface area contributed by atoms with Gasteiger partial charge in [-0.15, -0.1) is 0 Å². The largest absolute Gasteiger partial charge is 0.313 e. The minimum Gasteiger partial charge on any atom is -0.313 e. The summed E-state index contributed by atoms with van der Waals surface area (Å²) in [6, 6.07) is 0.766. The Hall–Kier alpha value is -0.0800. The van der Waals surface area contributed by atoms with Gasteiger partial charge in [-0.05, 0) is 45.3 Å². The van der Waals surface area contributed by atoms with Crippen LogP contribution in [0.25, 0.3) is 0 Å². The van der Waals surface area contributed by atoms with Crippen LogP contribution in [-0.4, -0.2) is 37.1 Å². The zero-order valence-corrected chi connectivity index (χ0v) is 11.3. The molecule has 0 aromatic carbocycles. The van der Waals surface area contributed by atoms with Crippen LogP contribution in [0.5, 0.6) is 0 Å². The molecule has 1 aliphatic rings. The zero-order valence-electron chi connectivity index (χ0n) is 11.3. The van der Waals surface area contributed by atoms with Crippen molar-refractivity contribution in [1.29, 1.82) is 0 Å². The minimum atomic E-state index is 0.766. The molecule has 0 bridgehead atoms. The number of nitrogens with zero attached hydrogens (tertiary/aromatic N) is 1. The second kappa shape index (κ2) is 9.00. The molecule has 0 aliphatic carbocycles. The Bertz CT molecular complexity index is 153. The van der Waals surface area contributed by atoms with Gasteiger partial charge in [-0.3, -0.25) is 0 Å². The molecule has 0 spiro atoms. The third kappa shape index (κ3) is 5.86. The number of rotatable bonds is 8. The molecule has 1 unspecified atom stereocenters. The van der Waals surface area contributed by atoms with Crippen molar-refractivity contribution < 1.29 is 0 Å². The Labute approximate surface area is 102 Å². The van der Waals surface area contributed by atoms with E-state index in [1.165, 1.54) is 71.1 Å². The van der Waals surface area contributed by atoms with E-state index in [9.17, 15) is 0 Å². The van der Waals surface area contributed by atoms with Gasteiger partial charge in [0.2, 0.25) is 0 Å². The lowest BCUT2D eigenvalue weighted by molar-refractivity contribution is 0.220. The van der Waals surface area contributed by atoms with E-state index in [2.05, 4.69) is 24.1 Å². The predicted octanol–water partition coefficient (Wildman–Crippen LogP) is 3.03. The maximum absolute atomic E-state index is 3.66. The smallest absolute Gasteiger partial charge is 0.0195 e. The summed E-state index contributed by atoms with van der Waals surface area (Å²) in [5.74, 6) is 0. The van der Waals surface area contributed by atoms with Gasteiger partial charge in [0.1, 0.15) is 0 Å². The van der Waals surface area contributed by atoms with Gasteiger partial charge in [0.05, 0.1) is 0 Å². The van der Waals surface area contributed by atoms with E-state index in [0.717, 1.165) is 6.04 Å². The Balaban J connectivity index is 2.19. The molecule has 0 radical (unpaired) electrons. The van der Waals surface area contributed by atoms with Gasteiger partial charge in [0.25, 0.3) is 0 Å². The molecule has 0 aromatic heterocycles. The van der Waals surface area contributed by atoms with E-state index in [1.807, 2.05) is 0 Å². The van der Waals surface area contributed by atoms with Crippen LogP contribution in [-0.2, 0) is 0 Å². The third-order valence-electron chi connectivity index (χ3n) is 3.51. The zero-order chi connectivity index (χ0) is 11.6. The maximum Gasteiger partial charge on any atom is 0.0195 e. The van der Waals surface area contributed by atoms with Crippen molar-refractivity contribution in [3.8, 4) is 0 Å². The van der Waals surface area contributed by atoms with Gasteiger partial charge >= 0.3 is 0 Å². The summed E-state index contributed by atoms with van der Waals surface area (Å²) >= 11 is 0. The van der Waals surface area contributed by atoms with E-state index in [1.54, 1.807) is 0 Å². The topological polar surface area (TPSA) is 15.3 Å². The molecule has 1 heterocycles. The summed E-state index contributed by atoms with van der Waals surface area (Å²) in [5.41, 5.74) is 0. The van der Waals surface area contributed by atoms with Crippen molar-refractivity contribution in [3.63, 3.8) is 0 Å². The quantitative estimate of drug-likeness (QED) is 0.640. The molecule has 1 saturated heterocycles. The Morgan fingerprint density at radius 3 is 2.56 bits per heavy atom. The highest BCUT2D eigenvalue weighted by molar-refractivity contribution is 4.76. The van der Waals surface area contributed by atoms with Crippen molar-refractivity contribution >= 4 is 0 Å². The first-order chi connectivity index (χ1) is 7.86. The molecular formula is C14H30N2. The number of hydrogen-bond acceptors (Lipinski definition) is 2. The average molecular weight is 226 g/mol. The fourth-order valence-corrected chi connectivity index (χ4v) is 2.59. The molecule has 96 valence electrons. The summed E-state index contributed by atoms with van der Waals surface area (Å²) in [6.45, 7) is 9.67. The summed E-state index contributed by atoms with van der Waals surface area (Å²) in [6.07, 6.45) is 9.57. The van der Waals surface area contributed by atoms with Crippen LogP contribution >= 0.6 is 0 Å². The molecule has 2 nitrogen and oxygen atoms in total. The van der Waals surface area contributed by atoms with Gasteiger partial charge in [-0.1, -0.05) is 33.1 Å². The van der Waals surface area contributed by atoms with Crippen LogP contribution in [0.4, 0.5) is 0 Å². The van der Waals surface area contributed by atoms with E-state index in [0.29, 0.717) is 0 Å². The second-order valence-electron chi connectivity index (χ2n) is 5.15. The molecule has 0 amide bonds. The Kier molecular flexibility index (Phi) is 7.87. The summed E-state index contributed by atoms with van der Waals surface area (Å²) < 4.78 is 0. The van der Waals surface area contributed by atoms with E-state index >= 15 is 0 Å². The number of nitrogens with one attached hydrogen (secondary N) is 1. The number of unbranched alkanes of at least 4 members (excludes halogenated alkanes) is 2. The lowest BCUT2D eigenvalue weighted by Gasteiger charge is -2.30.